The zero-order valence-electron chi connectivity index (χ0n) is 9.15. The minimum absolute atomic E-state index is 0.456. The number of benzene rings is 1. The molecule has 82 valence electrons. The van der Waals surface area contributed by atoms with Crippen molar-refractivity contribution in [3.05, 3.63) is 29.8 Å². The van der Waals surface area contributed by atoms with E-state index >= 15 is 0 Å². The van der Waals surface area contributed by atoms with Gasteiger partial charge in [0.1, 0.15) is 5.75 Å². The SMILES string of the molecule is C[C@@H](O)c1ccccc1OCCC1CC1. The second-order valence-electron chi connectivity index (χ2n) is 4.29. The fraction of sp³-hybridized carbons (Fsp3) is 0.538. The van der Waals surface area contributed by atoms with Crippen molar-refractivity contribution < 1.29 is 9.84 Å². The minimum Gasteiger partial charge on any atom is -0.493 e. The summed E-state index contributed by atoms with van der Waals surface area (Å²) < 4.78 is 5.69. The first-order valence-electron chi connectivity index (χ1n) is 5.67. The first-order chi connectivity index (χ1) is 7.27. The van der Waals surface area contributed by atoms with Gasteiger partial charge in [0, 0.05) is 5.56 Å². The van der Waals surface area contributed by atoms with Gasteiger partial charge in [0.15, 0.2) is 0 Å². The lowest BCUT2D eigenvalue weighted by Gasteiger charge is -2.12. The molecule has 0 spiro atoms. The molecule has 1 aromatic rings. The van der Waals surface area contributed by atoms with E-state index in [4.69, 9.17) is 4.74 Å². The molecule has 2 heteroatoms. The summed E-state index contributed by atoms with van der Waals surface area (Å²) in [4.78, 5) is 0. The van der Waals surface area contributed by atoms with Crippen LogP contribution >= 0.6 is 0 Å². The number of para-hydroxylation sites is 1. The molecular formula is C13H18O2. The van der Waals surface area contributed by atoms with Crippen LogP contribution in [0.3, 0.4) is 0 Å². The van der Waals surface area contributed by atoms with Crippen LogP contribution in [0.15, 0.2) is 24.3 Å². The van der Waals surface area contributed by atoms with Crippen LogP contribution in [0.1, 0.15) is 37.9 Å². The van der Waals surface area contributed by atoms with Gasteiger partial charge in [-0.05, 0) is 25.3 Å². The van der Waals surface area contributed by atoms with E-state index in [1.807, 2.05) is 24.3 Å². The highest BCUT2D eigenvalue weighted by molar-refractivity contribution is 5.34. The van der Waals surface area contributed by atoms with Gasteiger partial charge in [0.2, 0.25) is 0 Å². The molecule has 2 nitrogen and oxygen atoms in total. The summed E-state index contributed by atoms with van der Waals surface area (Å²) in [5.41, 5.74) is 0.883. The molecule has 1 saturated carbocycles. The third-order valence-electron chi connectivity index (χ3n) is 2.85. The van der Waals surface area contributed by atoms with Gasteiger partial charge in [-0.1, -0.05) is 31.0 Å². The highest BCUT2D eigenvalue weighted by Crippen LogP contribution is 2.32. The van der Waals surface area contributed by atoms with E-state index in [1.165, 1.54) is 12.8 Å². The maximum atomic E-state index is 9.55. The van der Waals surface area contributed by atoms with Crippen LogP contribution in [0, 0.1) is 5.92 Å². The fourth-order valence-electron chi connectivity index (χ4n) is 1.70. The molecule has 0 heterocycles. The van der Waals surface area contributed by atoms with Crippen molar-refractivity contribution in [2.24, 2.45) is 5.92 Å². The van der Waals surface area contributed by atoms with Gasteiger partial charge >= 0.3 is 0 Å². The van der Waals surface area contributed by atoms with Gasteiger partial charge in [-0.2, -0.15) is 0 Å². The molecule has 0 unspecified atom stereocenters. The summed E-state index contributed by atoms with van der Waals surface area (Å²) in [6.45, 7) is 2.54. The normalized spacial score (nSPS) is 17.5. The molecule has 0 bridgehead atoms. The summed E-state index contributed by atoms with van der Waals surface area (Å²) in [5, 5.41) is 9.55. The number of rotatable bonds is 5. The third-order valence-corrected chi connectivity index (χ3v) is 2.85. The van der Waals surface area contributed by atoms with Gasteiger partial charge in [-0.25, -0.2) is 0 Å². The highest BCUT2D eigenvalue weighted by atomic mass is 16.5. The number of ether oxygens (including phenoxy) is 1. The van der Waals surface area contributed by atoms with Crippen molar-refractivity contribution >= 4 is 0 Å². The van der Waals surface area contributed by atoms with Crippen molar-refractivity contribution in [1.82, 2.24) is 0 Å². The smallest absolute Gasteiger partial charge is 0.125 e. The first kappa shape index (κ1) is 10.5. The zero-order chi connectivity index (χ0) is 10.7. The topological polar surface area (TPSA) is 29.5 Å². The second-order valence-corrected chi connectivity index (χ2v) is 4.29. The highest BCUT2D eigenvalue weighted by Gasteiger charge is 2.20. The van der Waals surface area contributed by atoms with E-state index in [9.17, 15) is 5.11 Å². The Bertz CT molecular complexity index is 316. The summed E-state index contributed by atoms with van der Waals surface area (Å²) in [6, 6.07) is 7.71. The Morgan fingerprint density at radius 2 is 2.13 bits per heavy atom. The minimum atomic E-state index is -0.456. The third kappa shape index (κ3) is 2.96. The average molecular weight is 206 g/mol. The van der Waals surface area contributed by atoms with E-state index in [-0.39, 0.29) is 0 Å². The Hall–Kier alpha value is -1.02. The van der Waals surface area contributed by atoms with Gasteiger partial charge in [-0.3, -0.25) is 0 Å². The van der Waals surface area contributed by atoms with Gasteiger partial charge in [-0.15, -0.1) is 0 Å². The molecule has 15 heavy (non-hydrogen) atoms. The quantitative estimate of drug-likeness (QED) is 0.802. The van der Waals surface area contributed by atoms with Crippen LogP contribution in [0.5, 0.6) is 5.75 Å². The van der Waals surface area contributed by atoms with E-state index in [0.717, 1.165) is 30.3 Å². The van der Waals surface area contributed by atoms with Crippen molar-refractivity contribution in [2.45, 2.75) is 32.3 Å². The lowest BCUT2D eigenvalue weighted by Crippen LogP contribution is -2.02. The van der Waals surface area contributed by atoms with E-state index < -0.39 is 6.10 Å². The van der Waals surface area contributed by atoms with E-state index in [1.54, 1.807) is 6.92 Å². The fourth-order valence-corrected chi connectivity index (χ4v) is 1.70. The van der Waals surface area contributed by atoms with Crippen LogP contribution in [0.25, 0.3) is 0 Å². The molecule has 0 saturated heterocycles. The molecule has 1 aliphatic rings. The second kappa shape index (κ2) is 4.67. The van der Waals surface area contributed by atoms with Crippen molar-refractivity contribution in [3.8, 4) is 5.75 Å². The van der Waals surface area contributed by atoms with Crippen molar-refractivity contribution in [2.75, 3.05) is 6.61 Å². The Morgan fingerprint density at radius 1 is 1.40 bits per heavy atom. The number of hydrogen-bond acceptors (Lipinski definition) is 2. The largest absolute Gasteiger partial charge is 0.493 e. The zero-order valence-corrected chi connectivity index (χ0v) is 9.15. The maximum absolute atomic E-state index is 9.55. The molecule has 0 amide bonds. The van der Waals surface area contributed by atoms with Crippen LogP contribution in [-0.2, 0) is 0 Å². The summed E-state index contributed by atoms with van der Waals surface area (Å²) in [5.74, 6) is 1.72. The van der Waals surface area contributed by atoms with Crippen LogP contribution in [0.4, 0.5) is 0 Å². The molecule has 0 aromatic heterocycles. The lowest BCUT2D eigenvalue weighted by molar-refractivity contribution is 0.190. The molecule has 0 aliphatic heterocycles. The monoisotopic (exact) mass is 206 g/mol. The molecule has 2 rings (SSSR count). The van der Waals surface area contributed by atoms with Gasteiger partial charge in [0.05, 0.1) is 12.7 Å². The Morgan fingerprint density at radius 3 is 2.80 bits per heavy atom. The van der Waals surface area contributed by atoms with E-state index in [0.29, 0.717) is 0 Å². The maximum Gasteiger partial charge on any atom is 0.125 e. The Labute approximate surface area is 90.9 Å². The number of hydrogen-bond donors (Lipinski definition) is 1. The standard InChI is InChI=1S/C13H18O2/c1-10(14)12-4-2-3-5-13(12)15-9-8-11-6-7-11/h2-5,10-11,14H,6-9H2,1H3/t10-/m1/s1. The molecule has 1 atom stereocenters. The summed E-state index contributed by atoms with van der Waals surface area (Å²) in [7, 11) is 0. The van der Waals surface area contributed by atoms with Gasteiger partial charge < -0.3 is 9.84 Å². The Kier molecular flexibility index (Phi) is 3.27. The lowest BCUT2D eigenvalue weighted by atomic mass is 10.1. The number of aliphatic hydroxyl groups is 1. The molecule has 0 radical (unpaired) electrons. The number of aliphatic hydroxyl groups excluding tert-OH is 1. The molecule has 1 N–H and O–H groups in total. The molecule has 1 aromatic carbocycles. The van der Waals surface area contributed by atoms with Crippen LogP contribution in [0.2, 0.25) is 0 Å². The predicted octanol–water partition coefficient (Wildman–Crippen LogP) is 2.92. The van der Waals surface area contributed by atoms with Crippen LogP contribution < -0.4 is 4.74 Å². The van der Waals surface area contributed by atoms with E-state index in [2.05, 4.69) is 0 Å². The first-order valence-corrected chi connectivity index (χ1v) is 5.67. The summed E-state index contributed by atoms with van der Waals surface area (Å²) in [6.07, 6.45) is 3.42. The van der Waals surface area contributed by atoms with Crippen LogP contribution in [-0.4, -0.2) is 11.7 Å². The summed E-state index contributed by atoms with van der Waals surface area (Å²) >= 11 is 0. The Balaban J connectivity index is 1.92. The van der Waals surface area contributed by atoms with Gasteiger partial charge in [0.25, 0.3) is 0 Å². The van der Waals surface area contributed by atoms with Crippen molar-refractivity contribution in [1.29, 1.82) is 0 Å². The molecular weight excluding hydrogens is 188 g/mol. The predicted molar refractivity (Wildman–Crippen MR) is 59.9 cm³/mol. The van der Waals surface area contributed by atoms with Crippen molar-refractivity contribution in [3.63, 3.8) is 0 Å². The molecule has 1 aliphatic carbocycles. The molecule has 1 fully saturated rings. The average Bonchev–Trinajstić information content (AvgIpc) is 3.02.